The quantitative estimate of drug-likeness (QED) is 0.280. The van der Waals surface area contributed by atoms with E-state index in [-0.39, 0.29) is 12.5 Å². The Morgan fingerprint density at radius 2 is 2.11 bits per heavy atom. The second-order valence-corrected chi connectivity index (χ2v) is 8.97. The van der Waals surface area contributed by atoms with Gasteiger partial charge in [-0.3, -0.25) is 9.69 Å². The Bertz CT molecular complexity index is 1030. The molecule has 0 radical (unpaired) electrons. The molecule has 28 heavy (non-hydrogen) atoms. The maximum atomic E-state index is 12.9. The number of hydrogen-bond acceptors (Lipinski definition) is 5. The summed E-state index contributed by atoms with van der Waals surface area (Å²) in [5.41, 5.74) is 1.49. The van der Waals surface area contributed by atoms with Gasteiger partial charge >= 0.3 is 0 Å². The molecule has 0 aromatic heterocycles. The molecule has 8 heteroatoms. The van der Waals surface area contributed by atoms with Gasteiger partial charge in [-0.25, -0.2) is 0 Å². The van der Waals surface area contributed by atoms with Crippen molar-refractivity contribution in [2.75, 3.05) is 18.6 Å². The standard InChI is InChI=1S/C20H13Br2NO3S2/c1-3-7-26-18-15(22)8-12(9-16(18)25-2)10-17-19(24)23(20(27)28-17)14-6-4-5-13(21)11-14/h1,4-6,8-11H,7H2,2H3/b17-10+. The number of terminal acetylenes is 1. The molecule has 1 heterocycles. The van der Waals surface area contributed by atoms with Crippen LogP contribution in [0.2, 0.25) is 0 Å². The van der Waals surface area contributed by atoms with Crippen molar-refractivity contribution in [2.45, 2.75) is 0 Å². The third kappa shape index (κ3) is 4.44. The number of rotatable bonds is 5. The average molecular weight is 539 g/mol. The Kier molecular flexibility index (Phi) is 6.83. The first-order chi connectivity index (χ1) is 13.4. The van der Waals surface area contributed by atoms with Crippen LogP contribution in [0.5, 0.6) is 11.5 Å². The topological polar surface area (TPSA) is 38.8 Å². The van der Waals surface area contributed by atoms with Gasteiger partial charge in [0.15, 0.2) is 15.8 Å². The molecule has 1 aliphatic rings. The summed E-state index contributed by atoms with van der Waals surface area (Å²) in [6, 6.07) is 11.1. The molecule has 4 nitrogen and oxygen atoms in total. The summed E-state index contributed by atoms with van der Waals surface area (Å²) in [6.07, 6.45) is 7.03. The predicted octanol–water partition coefficient (Wildman–Crippen LogP) is 5.64. The van der Waals surface area contributed by atoms with Crippen LogP contribution in [-0.4, -0.2) is 23.9 Å². The summed E-state index contributed by atoms with van der Waals surface area (Å²) in [5.74, 6) is 3.28. The van der Waals surface area contributed by atoms with Gasteiger partial charge in [0, 0.05) is 4.47 Å². The normalized spacial score (nSPS) is 15.1. The summed E-state index contributed by atoms with van der Waals surface area (Å²) >= 11 is 13.6. The molecule has 3 rings (SSSR count). The van der Waals surface area contributed by atoms with Gasteiger partial charge in [0.05, 0.1) is 22.2 Å². The lowest BCUT2D eigenvalue weighted by Crippen LogP contribution is -2.27. The van der Waals surface area contributed by atoms with Crippen molar-refractivity contribution in [3.8, 4) is 23.8 Å². The Balaban J connectivity index is 1.94. The lowest BCUT2D eigenvalue weighted by molar-refractivity contribution is -0.113. The molecule has 1 amide bonds. The fourth-order valence-corrected chi connectivity index (χ4v) is 4.79. The highest BCUT2D eigenvalue weighted by atomic mass is 79.9. The first kappa shape index (κ1) is 20.9. The number of amides is 1. The van der Waals surface area contributed by atoms with Gasteiger partial charge in [0.25, 0.3) is 5.91 Å². The zero-order valence-electron chi connectivity index (χ0n) is 14.6. The molecule has 0 N–H and O–H groups in total. The van der Waals surface area contributed by atoms with Gasteiger partial charge in [0.2, 0.25) is 0 Å². The van der Waals surface area contributed by atoms with Gasteiger partial charge in [-0.1, -0.05) is 51.9 Å². The number of carbonyl (C=O) groups is 1. The van der Waals surface area contributed by atoms with Crippen LogP contribution in [0.4, 0.5) is 5.69 Å². The van der Waals surface area contributed by atoms with Crippen LogP contribution in [0.25, 0.3) is 6.08 Å². The molecular formula is C20H13Br2NO3S2. The lowest BCUT2D eigenvalue weighted by Gasteiger charge is -2.14. The van der Waals surface area contributed by atoms with Crippen LogP contribution in [0.15, 0.2) is 50.2 Å². The van der Waals surface area contributed by atoms with Crippen LogP contribution in [0, 0.1) is 12.3 Å². The van der Waals surface area contributed by atoms with E-state index in [1.54, 1.807) is 19.3 Å². The van der Waals surface area contributed by atoms with Crippen molar-refractivity contribution in [3.63, 3.8) is 0 Å². The molecule has 0 atom stereocenters. The second-order valence-electron chi connectivity index (χ2n) is 5.52. The Morgan fingerprint density at radius 3 is 2.79 bits per heavy atom. The number of halogens is 2. The molecular weight excluding hydrogens is 526 g/mol. The fraction of sp³-hybridized carbons (Fsp3) is 0.100. The molecule has 2 aromatic rings. The highest BCUT2D eigenvalue weighted by Gasteiger charge is 2.33. The zero-order valence-corrected chi connectivity index (χ0v) is 19.4. The summed E-state index contributed by atoms with van der Waals surface area (Å²) in [4.78, 5) is 15.0. The van der Waals surface area contributed by atoms with Crippen LogP contribution in [0.1, 0.15) is 5.56 Å². The van der Waals surface area contributed by atoms with E-state index in [4.69, 9.17) is 28.1 Å². The molecule has 0 saturated carbocycles. The minimum Gasteiger partial charge on any atom is -0.493 e. The van der Waals surface area contributed by atoms with Crippen LogP contribution in [0.3, 0.4) is 0 Å². The summed E-state index contributed by atoms with van der Waals surface area (Å²) in [7, 11) is 1.54. The van der Waals surface area contributed by atoms with Crippen molar-refractivity contribution >= 4 is 77.8 Å². The van der Waals surface area contributed by atoms with Gasteiger partial charge in [0.1, 0.15) is 6.61 Å². The third-order valence-corrected chi connectivity index (χ3v) is 6.09. The second kappa shape index (κ2) is 9.14. The van der Waals surface area contributed by atoms with Gasteiger partial charge in [-0.15, -0.1) is 6.42 Å². The van der Waals surface area contributed by atoms with Crippen molar-refractivity contribution in [2.24, 2.45) is 0 Å². The van der Waals surface area contributed by atoms with Gasteiger partial charge in [-0.05, 0) is 57.9 Å². The van der Waals surface area contributed by atoms with Gasteiger partial charge < -0.3 is 9.47 Å². The number of anilines is 1. The highest BCUT2D eigenvalue weighted by molar-refractivity contribution is 9.10. The largest absolute Gasteiger partial charge is 0.493 e. The van der Waals surface area contributed by atoms with E-state index in [0.717, 1.165) is 15.7 Å². The average Bonchev–Trinajstić information content (AvgIpc) is 2.93. The monoisotopic (exact) mass is 537 g/mol. The summed E-state index contributed by atoms with van der Waals surface area (Å²) in [6.45, 7) is 0.125. The highest BCUT2D eigenvalue weighted by Crippen LogP contribution is 2.40. The summed E-state index contributed by atoms with van der Waals surface area (Å²) < 4.78 is 12.9. The fourth-order valence-electron chi connectivity index (χ4n) is 2.53. The maximum absolute atomic E-state index is 12.9. The minimum absolute atomic E-state index is 0.125. The zero-order chi connectivity index (χ0) is 20.3. The first-order valence-electron chi connectivity index (χ1n) is 7.92. The van der Waals surface area contributed by atoms with E-state index in [1.807, 2.05) is 30.3 Å². The molecule has 0 unspecified atom stereocenters. The Labute approximate surface area is 189 Å². The number of thioether (sulfide) groups is 1. The molecule has 1 fully saturated rings. The van der Waals surface area contributed by atoms with Crippen LogP contribution in [-0.2, 0) is 4.79 Å². The van der Waals surface area contributed by atoms with Crippen LogP contribution < -0.4 is 14.4 Å². The number of benzene rings is 2. The molecule has 1 saturated heterocycles. The first-order valence-corrected chi connectivity index (χ1v) is 10.7. The van der Waals surface area contributed by atoms with E-state index < -0.39 is 0 Å². The smallest absolute Gasteiger partial charge is 0.270 e. The predicted molar refractivity (Wildman–Crippen MR) is 125 cm³/mol. The molecule has 1 aliphatic heterocycles. The third-order valence-electron chi connectivity index (χ3n) is 3.71. The number of nitrogens with zero attached hydrogens (tertiary/aromatic N) is 1. The van der Waals surface area contributed by atoms with Crippen molar-refractivity contribution in [1.82, 2.24) is 0 Å². The SMILES string of the molecule is C#CCOc1c(Br)cc(/C=C2/SC(=S)N(c3cccc(Br)c3)C2=O)cc1OC. The summed E-state index contributed by atoms with van der Waals surface area (Å²) in [5, 5.41) is 0. The molecule has 0 spiro atoms. The van der Waals surface area contributed by atoms with E-state index in [9.17, 15) is 4.79 Å². The minimum atomic E-state index is -0.171. The number of hydrogen-bond donors (Lipinski definition) is 0. The number of thiocarbonyl (C=S) groups is 1. The lowest BCUT2D eigenvalue weighted by atomic mass is 10.1. The number of carbonyl (C=O) groups excluding carboxylic acids is 1. The van der Waals surface area contributed by atoms with Crippen molar-refractivity contribution in [3.05, 3.63) is 55.8 Å². The van der Waals surface area contributed by atoms with Crippen molar-refractivity contribution < 1.29 is 14.3 Å². The Hall–Kier alpha value is -1.79. The number of ether oxygens (including phenoxy) is 2. The molecule has 0 aliphatic carbocycles. The number of methoxy groups -OCH3 is 1. The van der Waals surface area contributed by atoms with Gasteiger partial charge in [-0.2, -0.15) is 0 Å². The van der Waals surface area contributed by atoms with E-state index in [2.05, 4.69) is 37.8 Å². The van der Waals surface area contributed by atoms with Crippen LogP contribution >= 0.6 is 55.8 Å². The maximum Gasteiger partial charge on any atom is 0.270 e. The van der Waals surface area contributed by atoms with E-state index in [0.29, 0.717) is 25.2 Å². The Morgan fingerprint density at radius 1 is 1.32 bits per heavy atom. The van der Waals surface area contributed by atoms with E-state index >= 15 is 0 Å². The van der Waals surface area contributed by atoms with E-state index in [1.165, 1.54) is 16.7 Å². The molecule has 142 valence electrons. The molecule has 0 bridgehead atoms. The van der Waals surface area contributed by atoms with Crippen molar-refractivity contribution in [1.29, 1.82) is 0 Å². The molecule has 2 aromatic carbocycles.